The number of hydrogen-bond acceptors (Lipinski definition) is 4. The van der Waals surface area contributed by atoms with Crippen molar-refractivity contribution in [1.29, 1.82) is 0 Å². The van der Waals surface area contributed by atoms with Gasteiger partial charge in [-0.05, 0) is 107 Å². The Bertz CT molecular complexity index is 1600. The normalized spacial score (nSPS) is 19.2. The van der Waals surface area contributed by atoms with Crippen molar-refractivity contribution in [2.45, 2.75) is 31.9 Å². The average molecular weight is 661 g/mol. The number of aryl methyl sites for hydroxylation is 1. The van der Waals surface area contributed by atoms with E-state index in [0.717, 1.165) is 26.8 Å². The van der Waals surface area contributed by atoms with Crippen molar-refractivity contribution in [3.05, 3.63) is 127 Å². The summed E-state index contributed by atoms with van der Waals surface area (Å²) in [6.45, 7) is 2.58. The first-order chi connectivity index (χ1) is 19.5. The molecule has 0 aromatic heterocycles. The first-order valence-electron chi connectivity index (χ1n) is 13.4. The molecule has 6 heteroatoms. The second-order valence-corrected chi connectivity index (χ2v) is 12.0. The fraction of sp³-hybridized carbons (Fsp3) is 0.206. The number of hydrogen-bond donors (Lipinski definition) is 1. The van der Waals surface area contributed by atoms with E-state index in [4.69, 9.17) is 26.1 Å². The van der Waals surface area contributed by atoms with Crippen molar-refractivity contribution in [3.63, 3.8) is 0 Å². The van der Waals surface area contributed by atoms with Crippen LogP contribution in [0, 0.1) is 16.4 Å². The Morgan fingerprint density at radius 3 is 2.70 bits per heavy atom. The highest BCUT2D eigenvalue weighted by molar-refractivity contribution is 14.1. The Morgan fingerprint density at radius 1 is 1.05 bits per heavy atom. The second kappa shape index (κ2) is 11.7. The fourth-order valence-electron chi connectivity index (χ4n) is 5.70. The van der Waals surface area contributed by atoms with Crippen LogP contribution in [0.15, 0.2) is 96.0 Å². The van der Waals surface area contributed by atoms with E-state index >= 15 is 0 Å². The van der Waals surface area contributed by atoms with Gasteiger partial charge in [-0.2, -0.15) is 0 Å². The van der Waals surface area contributed by atoms with Crippen molar-refractivity contribution in [1.82, 2.24) is 0 Å². The molecule has 6 rings (SSSR count). The number of nitrogens with one attached hydrogen (secondary N) is 1. The predicted octanol–water partition coefficient (Wildman–Crippen LogP) is 9.42. The molecule has 0 unspecified atom stereocenters. The molecule has 0 fully saturated rings. The van der Waals surface area contributed by atoms with Crippen LogP contribution >= 0.6 is 34.2 Å². The number of allylic oxidation sites excluding steroid dienone is 2. The number of rotatable bonds is 7. The van der Waals surface area contributed by atoms with E-state index in [1.807, 2.05) is 42.6 Å². The third kappa shape index (κ3) is 5.63. The van der Waals surface area contributed by atoms with E-state index in [0.29, 0.717) is 35.0 Å². The Kier molecular flexibility index (Phi) is 7.85. The molecule has 1 aliphatic carbocycles. The van der Waals surface area contributed by atoms with Crippen LogP contribution in [0.1, 0.15) is 46.2 Å². The molecule has 1 heterocycles. The third-order valence-electron chi connectivity index (χ3n) is 7.66. The molecule has 40 heavy (non-hydrogen) atoms. The monoisotopic (exact) mass is 660 g/mol. The highest BCUT2D eigenvalue weighted by atomic mass is 127. The number of fused-ring (bicyclic) bond motifs is 3. The molecule has 202 valence electrons. The van der Waals surface area contributed by atoms with Crippen molar-refractivity contribution in [2.75, 3.05) is 12.4 Å². The van der Waals surface area contributed by atoms with Crippen LogP contribution in [0.2, 0.25) is 5.02 Å². The maximum Gasteiger partial charge on any atom is 0.174 e. The molecular weight excluding hydrogens is 631 g/mol. The van der Waals surface area contributed by atoms with Crippen LogP contribution in [0.5, 0.6) is 11.5 Å². The highest BCUT2D eigenvalue weighted by Gasteiger charge is 2.37. The van der Waals surface area contributed by atoms with Crippen LogP contribution in [-0.4, -0.2) is 13.3 Å². The molecule has 0 amide bonds. The summed E-state index contributed by atoms with van der Waals surface area (Å²) < 4.78 is 12.7. The quantitative estimate of drug-likeness (QED) is 0.122. The lowest BCUT2D eigenvalue weighted by atomic mass is 9.76. The standard InChI is InChI=1S/C34H30ClIN2O2/c1-21-9-14-31-29(15-21)27-7-4-8-28(27)33(38-31)24-10-12-26(13-11-24)37-19-23-17-30(36)34(32(18-23)39-2)40-20-22-5-3-6-25(35)16-22/h3-7,9-19,27-28,33,38H,8,20H2,1-2H3/t27-,28+,33-/m0/s1. The number of methoxy groups -OCH3 is 1. The Morgan fingerprint density at radius 2 is 1.90 bits per heavy atom. The van der Waals surface area contributed by atoms with Gasteiger partial charge in [0.05, 0.1) is 22.4 Å². The summed E-state index contributed by atoms with van der Waals surface area (Å²) >= 11 is 8.39. The summed E-state index contributed by atoms with van der Waals surface area (Å²) in [5, 5.41) is 4.52. The molecule has 0 saturated carbocycles. The van der Waals surface area contributed by atoms with Gasteiger partial charge >= 0.3 is 0 Å². The SMILES string of the molecule is COc1cc(C=Nc2ccc([C@@H]3Nc4ccc(C)cc4[C@H]4C=CC[C@H]43)cc2)cc(I)c1OCc1cccc(Cl)c1. The van der Waals surface area contributed by atoms with Crippen LogP contribution in [0.4, 0.5) is 11.4 Å². The van der Waals surface area contributed by atoms with E-state index < -0.39 is 0 Å². The highest BCUT2D eigenvalue weighted by Crippen LogP contribution is 2.50. The van der Waals surface area contributed by atoms with Gasteiger partial charge in [0, 0.05) is 22.8 Å². The maximum absolute atomic E-state index is 6.11. The summed E-state index contributed by atoms with van der Waals surface area (Å²) in [7, 11) is 1.65. The van der Waals surface area contributed by atoms with Crippen molar-refractivity contribution in [3.8, 4) is 11.5 Å². The lowest BCUT2D eigenvalue weighted by Crippen LogP contribution is -2.29. The molecule has 0 spiro atoms. The number of aliphatic imine (C=N–C) groups is 1. The zero-order valence-corrected chi connectivity index (χ0v) is 25.3. The molecule has 3 atom stereocenters. The Labute approximate surface area is 254 Å². The molecule has 4 nitrogen and oxygen atoms in total. The molecule has 2 aliphatic rings. The summed E-state index contributed by atoms with van der Waals surface area (Å²) in [5.74, 6) is 2.37. The Hall–Kier alpha value is -3.29. The molecular formula is C34H30ClIN2O2. The zero-order chi connectivity index (χ0) is 27.6. The molecule has 4 aromatic carbocycles. The van der Waals surface area contributed by atoms with Crippen LogP contribution < -0.4 is 14.8 Å². The van der Waals surface area contributed by atoms with Crippen LogP contribution in [0.3, 0.4) is 0 Å². The number of halogens is 2. The molecule has 0 saturated heterocycles. The van der Waals surface area contributed by atoms with Gasteiger partial charge in [0.15, 0.2) is 11.5 Å². The average Bonchev–Trinajstić information content (AvgIpc) is 3.46. The lowest BCUT2D eigenvalue weighted by molar-refractivity contribution is 0.282. The van der Waals surface area contributed by atoms with E-state index in [1.54, 1.807) is 7.11 Å². The van der Waals surface area contributed by atoms with Crippen LogP contribution in [0.25, 0.3) is 0 Å². The number of benzene rings is 4. The number of nitrogens with zero attached hydrogens (tertiary/aromatic N) is 1. The van der Waals surface area contributed by atoms with E-state index in [2.05, 4.69) is 89.4 Å². The van der Waals surface area contributed by atoms with E-state index in [9.17, 15) is 0 Å². The van der Waals surface area contributed by atoms with Crippen LogP contribution in [-0.2, 0) is 6.61 Å². The topological polar surface area (TPSA) is 42.8 Å². The van der Waals surface area contributed by atoms with E-state index in [1.165, 1.54) is 22.4 Å². The first-order valence-corrected chi connectivity index (χ1v) is 14.9. The minimum Gasteiger partial charge on any atom is -0.493 e. The molecule has 4 aromatic rings. The first kappa shape index (κ1) is 26.9. The van der Waals surface area contributed by atoms with Gasteiger partial charge in [0.25, 0.3) is 0 Å². The largest absolute Gasteiger partial charge is 0.493 e. The minimum atomic E-state index is 0.276. The van der Waals surface area contributed by atoms with Gasteiger partial charge in [-0.1, -0.05) is 65.7 Å². The van der Waals surface area contributed by atoms with Crippen molar-refractivity contribution in [2.24, 2.45) is 10.9 Å². The second-order valence-electron chi connectivity index (χ2n) is 10.4. The third-order valence-corrected chi connectivity index (χ3v) is 8.69. The minimum absolute atomic E-state index is 0.276. The number of anilines is 1. The van der Waals surface area contributed by atoms with Gasteiger partial charge in [-0.3, -0.25) is 4.99 Å². The smallest absolute Gasteiger partial charge is 0.174 e. The van der Waals surface area contributed by atoms with Gasteiger partial charge in [0.1, 0.15) is 6.61 Å². The van der Waals surface area contributed by atoms with Gasteiger partial charge in [0.2, 0.25) is 0 Å². The van der Waals surface area contributed by atoms with Gasteiger partial charge in [-0.15, -0.1) is 0 Å². The Balaban J connectivity index is 1.17. The summed E-state index contributed by atoms with van der Waals surface area (Å²) in [6.07, 6.45) is 7.69. The molecule has 1 N–H and O–H groups in total. The van der Waals surface area contributed by atoms with E-state index in [-0.39, 0.29) is 6.04 Å². The molecule has 0 bridgehead atoms. The zero-order valence-electron chi connectivity index (χ0n) is 22.4. The summed E-state index contributed by atoms with van der Waals surface area (Å²) in [6, 6.07) is 27.3. The van der Waals surface area contributed by atoms with Crippen molar-refractivity contribution >= 4 is 51.8 Å². The summed E-state index contributed by atoms with van der Waals surface area (Å²) in [4.78, 5) is 4.75. The molecule has 1 aliphatic heterocycles. The van der Waals surface area contributed by atoms with Crippen molar-refractivity contribution < 1.29 is 9.47 Å². The van der Waals surface area contributed by atoms with Gasteiger partial charge < -0.3 is 14.8 Å². The lowest BCUT2D eigenvalue weighted by Gasteiger charge is -2.37. The van der Waals surface area contributed by atoms with Gasteiger partial charge in [-0.25, -0.2) is 0 Å². The predicted molar refractivity (Wildman–Crippen MR) is 173 cm³/mol. The maximum atomic E-state index is 6.11. The molecule has 0 radical (unpaired) electrons. The summed E-state index contributed by atoms with van der Waals surface area (Å²) in [5.41, 5.74) is 8.12. The number of ether oxygens (including phenoxy) is 2. The fourth-order valence-corrected chi connectivity index (χ4v) is 6.69.